The fourth-order valence-corrected chi connectivity index (χ4v) is 2.54. The van der Waals surface area contributed by atoms with Gasteiger partial charge in [0.25, 0.3) is 0 Å². The first kappa shape index (κ1) is 17.9. The van der Waals surface area contributed by atoms with E-state index >= 15 is 0 Å². The second kappa shape index (κ2) is 9.60. The minimum atomic E-state index is -0.162. The van der Waals surface area contributed by atoms with Crippen molar-refractivity contribution in [2.24, 2.45) is 0 Å². The van der Waals surface area contributed by atoms with Gasteiger partial charge in [-0.25, -0.2) is 4.79 Å². The lowest BCUT2D eigenvalue weighted by Gasteiger charge is -2.15. The maximum absolute atomic E-state index is 12.1. The van der Waals surface area contributed by atoms with Crippen LogP contribution in [0.15, 0.2) is 48.5 Å². The Morgan fingerprint density at radius 1 is 0.958 bits per heavy atom. The SMILES string of the molecule is CCc1cccc(CC)c1NC(=O)NCCCOc1ccccc1. The van der Waals surface area contributed by atoms with Crippen LogP contribution in [-0.4, -0.2) is 19.2 Å². The third-order valence-corrected chi connectivity index (χ3v) is 3.86. The fraction of sp³-hybridized carbons (Fsp3) is 0.350. The number of carbonyl (C=O) groups is 1. The second-order valence-corrected chi connectivity index (χ2v) is 5.55. The van der Waals surface area contributed by atoms with Gasteiger partial charge in [0.2, 0.25) is 0 Å². The average molecular weight is 326 g/mol. The minimum absolute atomic E-state index is 0.162. The molecule has 4 heteroatoms. The zero-order chi connectivity index (χ0) is 17.2. The summed E-state index contributed by atoms with van der Waals surface area (Å²) in [4.78, 5) is 12.1. The van der Waals surface area contributed by atoms with E-state index in [-0.39, 0.29) is 6.03 Å². The maximum Gasteiger partial charge on any atom is 0.319 e. The van der Waals surface area contributed by atoms with Gasteiger partial charge in [-0.3, -0.25) is 0 Å². The van der Waals surface area contributed by atoms with Crippen molar-refractivity contribution in [2.45, 2.75) is 33.1 Å². The number of nitrogens with one attached hydrogen (secondary N) is 2. The Balaban J connectivity index is 1.76. The van der Waals surface area contributed by atoms with E-state index in [2.05, 4.69) is 36.6 Å². The van der Waals surface area contributed by atoms with Crippen LogP contribution in [0.25, 0.3) is 0 Å². The van der Waals surface area contributed by atoms with Gasteiger partial charge in [-0.05, 0) is 42.5 Å². The summed E-state index contributed by atoms with van der Waals surface area (Å²) in [7, 11) is 0. The van der Waals surface area contributed by atoms with Crippen molar-refractivity contribution in [3.63, 3.8) is 0 Å². The molecule has 24 heavy (non-hydrogen) atoms. The minimum Gasteiger partial charge on any atom is -0.494 e. The number of aryl methyl sites for hydroxylation is 2. The molecule has 128 valence electrons. The molecule has 2 aromatic rings. The number of benzene rings is 2. The highest BCUT2D eigenvalue weighted by molar-refractivity contribution is 5.91. The number of carbonyl (C=O) groups excluding carboxylic acids is 1. The van der Waals surface area contributed by atoms with Gasteiger partial charge in [-0.15, -0.1) is 0 Å². The van der Waals surface area contributed by atoms with Crippen molar-refractivity contribution in [3.05, 3.63) is 59.7 Å². The van der Waals surface area contributed by atoms with Gasteiger partial charge in [0.15, 0.2) is 0 Å². The summed E-state index contributed by atoms with van der Waals surface area (Å²) < 4.78 is 5.61. The van der Waals surface area contributed by atoms with Gasteiger partial charge in [-0.2, -0.15) is 0 Å². The molecule has 0 aliphatic heterocycles. The highest BCUT2D eigenvalue weighted by Crippen LogP contribution is 2.22. The molecule has 4 nitrogen and oxygen atoms in total. The second-order valence-electron chi connectivity index (χ2n) is 5.55. The lowest BCUT2D eigenvalue weighted by molar-refractivity contribution is 0.250. The van der Waals surface area contributed by atoms with Crippen molar-refractivity contribution in [3.8, 4) is 5.75 Å². The highest BCUT2D eigenvalue weighted by Gasteiger charge is 2.09. The Labute approximate surface area is 144 Å². The first-order valence-corrected chi connectivity index (χ1v) is 8.58. The molecule has 0 bridgehead atoms. The molecule has 0 unspecified atom stereocenters. The van der Waals surface area contributed by atoms with Crippen molar-refractivity contribution in [1.82, 2.24) is 5.32 Å². The molecular formula is C20H26N2O2. The predicted molar refractivity (Wildman–Crippen MR) is 98.8 cm³/mol. The lowest BCUT2D eigenvalue weighted by Crippen LogP contribution is -2.31. The Morgan fingerprint density at radius 3 is 2.25 bits per heavy atom. The fourth-order valence-electron chi connectivity index (χ4n) is 2.54. The largest absolute Gasteiger partial charge is 0.494 e. The van der Waals surface area contributed by atoms with E-state index < -0.39 is 0 Å². The van der Waals surface area contributed by atoms with Crippen molar-refractivity contribution < 1.29 is 9.53 Å². The van der Waals surface area contributed by atoms with Crippen LogP contribution < -0.4 is 15.4 Å². The van der Waals surface area contributed by atoms with E-state index in [1.165, 1.54) is 0 Å². The summed E-state index contributed by atoms with van der Waals surface area (Å²) in [6.45, 7) is 5.35. The number of rotatable bonds is 8. The maximum atomic E-state index is 12.1. The van der Waals surface area contributed by atoms with Gasteiger partial charge in [0.05, 0.1) is 6.61 Å². The van der Waals surface area contributed by atoms with Gasteiger partial charge in [0, 0.05) is 12.2 Å². The molecule has 0 aliphatic rings. The number of urea groups is 1. The van der Waals surface area contributed by atoms with Crippen LogP contribution in [0.1, 0.15) is 31.4 Å². The van der Waals surface area contributed by atoms with E-state index in [9.17, 15) is 4.79 Å². The van der Waals surface area contributed by atoms with Crippen molar-refractivity contribution >= 4 is 11.7 Å². The molecule has 2 amide bonds. The van der Waals surface area contributed by atoms with E-state index in [0.29, 0.717) is 13.2 Å². The van der Waals surface area contributed by atoms with Crippen molar-refractivity contribution in [1.29, 1.82) is 0 Å². The van der Waals surface area contributed by atoms with E-state index in [1.807, 2.05) is 36.4 Å². The molecule has 0 saturated carbocycles. The third kappa shape index (κ3) is 5.30. The topological polar surface area (TPSA) is 50.4 Å². The summed E-state index contributed by atoms with van der Waals surface area (Å²) in [5.41, 5.74) is 3.27. The number of amides is 2. The first-order chi connectivity index (χ1) is 11.7. The number of hydrogen-bond donors (Lipinski definition) is 2. The van der Waals surface area contributed by atoms with Gasteiger partial charge < -0.3 is 15.4 Å². The molecule has 0 heterocycles. The molecule has 2 N–H and O–H groups in total. The summed E-state index contributed by atoms with van der Waals surface area (Å²) >= 11 is 0. The van der Waals surface area contributed by atoms with Crippen LogP contribution in [0.4, 0.5) is 10.5 Å². The van der Waals surface area contributed by atoms with Crippen LogP contribution in [-0.2, 0) is 12.8 Å². The summed E-state index contributed by atoms with van der Waals surface area (Å²) in [5, 5.41) is 5.89. The standard InChI is InChI=1S/C20H26N2O2/c1-3-16-10-8-11-17(4-2)19(16)22-20(23)21-14-9-15-24-18-12-6-5-7-13-18/h5-8,10-13H,3-4,9,14-15H2,1-2H3,(H2,21,22,23). The lowest BCUT2D eigenvalue weighted by atomic mass is 10.0. The first-order valence-electron chi connectivity index (χ1n) is 8.58. The highest BCUT2D eigenvalue weighted by atomic mass is 16.5. The van der Waals surface area contributed by atoms with E-state index in [1.54, 1.807) is 0 Å². The zero-order valence-corrected chi connectivity index (χ0v) is 14.5. The zero-order valence-electron chi connectivity index (χ0n) is 14.5. The molecule has 0 saturated heterocycles. The van der Waals surface area contributed by atoms with Crippen LogP contribution in [0.2, 0.25) is 0 Å². The molecule has 0 spiro atoms. The average Bonchev–Trinajstić information content (AvgIpc) is 2.62. The Morgan fingerprint density at radius 2 is 1.62 bits per heavy atom. The molecule has 0 atom stereocenters. The summed E-state index contributed by atoms with van der Waals surface area (Å²) in [5.74, 6) is 0.853. The van der Waals surface area contributed by atoms with Crippen LogP contribution in [0.5, 0.6) is 5.75 Å². The summed E-state index contributed by atoms with van der Waals surface area (Å²) in [6, 6.07) is 15.7. The number of hydrogen-bond acceptors (Lipinski definition) is 2. The van der Waals surface area contributed by atoms with Crippen LogP contribution >= 0.6 is 0 Å². The predicted octanol–water partition coefficient (Wildman–Crippen LogP) is 4.40. The van der Waals surface area contributed by atoms with Gasteiger partial charge in [-0.1, -0.05) is 50.2 Å². The summed E-state index contributed by atoms with van der Waals surface area (Å²) in [6.07, 6.45) is 2.56. The monoisotopic (exact) mass is 326 g/mol. The molecule has 0 fully saturated rings. The number of anilines is 1. The van der Waals surface area contributed by atoms with Gasteiger partial charge in [0.1, 0.15) is 5.75 Å². The Hall–Kier alpha value is -2.49. The normalized spacial score (nSPS) is 10.2. The Bertz CT molecular complexity index is 619. The molecule has 2 rings (SSSR count). The third-order valence-electron chi connectivity index (χ3n) is 3.86. The smallest absolute Gasteiger partial charge is 0.319 e. The number of ether oxygens (including phenoxy) is 1. The van der Waals surface area contributed by atoms with E-state index in [4.69, 9.17) is 4.74 Å². The quantitative estimate of drug-likeness (QED) is 0.706. The van der Waals surface area contributed by atoms with Gasteiger partial charge >= 0.3 is 6.03 Å². The number of para-hydroxylation sites is 2. The Kier molecular flexibility index (Phi) is 7.15. The van der Waals surface area contributed by atoms with Crippen LogP contribution in [0.3, 0.4) is 0 Å². The molecular weight excluding hydrogens is 300 g/mol. The van der Waals surface area contributed by atoms with Crippen molar-refractivity contribution in [2.75, 3.05) is 18.5 Å². The molecule has 2 aromatic carbocycles. The van der Waals surface area contributed by atoms with E-state index in [0.717, 1.165) is 41.8 Å². The molecule has 0 aliphatic carbocycles. The molecule has 0 radical (unpaired) electrons. The molecule has 0 aromatic heterocycles. The van der Waals surface area contributed by atoms with Crippen LogP contribution in [0, 0.1) is 0 Å².